The first kappa shape index (κ1) is 17.2. The number of anilines is 1. The van der Waals surface area contributed by atoms with Gasteiger partial charge in [-0.1, -0.05) is 6.42 Å². The predicted octanol–water partition coefficient (Wildman–Crippen LogP) is 3.32. The Hall–Kier alpha value is -1.62. The van der Waals surface area contributed by atoms with Gasteiger partial charge in [0.1, 0.15) is 0 Å². The smallest absolute Gasteiger partial charge is 0.274 e. The number of hydrogen-bond acceptors (Lipinski definition) is 4. The summed E-state index contributed by atoms with van der Waals surface area (Å²) in [4.78, 5) is 19.3. The van der Waals surface area contributed by atoms with E-state index in [-0.39, 0.29) is 11.5 Å². The van der Waals surface area contributed by atoms with Crippen molar-refractivity contribution in [2.24, 2.45) is 5.92 Å². The van der Waals surface area contributed by atoms with Crippen LogP contribution in [-0.2, 0) is 4.74 Å². The summed E-state index contributed by atoms with van der Waals surface area (Å²) >= 11 is 0. The molecule has 1 amide bonds. The minimum Gasteiger partial charge on any atom is -0.383 e. The molecule has 1 unspecified atom stereocenters. The van der Waals surface area contributed by atoms with Crippen molar-refractivity contribution < 1.29 is 9.53 Å². The van der Waals surface area contributed by atoms with Crippen LogP contribution in [0.1, 0.15) is 55.9 Å². The molecule has 5 heteroatoms. The van der Waals surface area contributed by atoms with E-state index in [9.17, 15) is 4.79 Å². The third kappa shape index (κ3) is 3.89. The Bertz CT molecular complexity index is 573. The number of hydrogen-bond donors (Lipinski definition) is 1. The number of rotatable bonds is 5. The molecule has 0 radical (unpaired) electrons. The zero-order valence-electron chi connectivity index (χ0n) is 14.9. The molecule has 1 aromatic heterocycles. The molecule has 0 spiro atoms. The van der Waals surface area contributed by atoms with Crippen LogP contribution in [0.15, 0.2) is 18.3 Å². The number of ether oxygens (including phenoxy) is 1. The fraction of sp³-hybridized carbons (Fsp3) is 0.684. The van der Waals surface area contributed by atoms with E-state index in [1.165, 1.54) is 19.3 Å². The van der Waals surface area contributed by atoms with Gasteiger partial charge in [0.15, 0.2) is 5.69 Å². The summed E-state index contributed by atoms with van der Waals surface area (Å²) in [5.41, 5.74) is 1.30. The molecule has 1 saturated carbocycles. The van der Waals surface area contributed by atoms with Crippen LogP contribution in [0.4, 0.5) is 5.69 Å². The molecule has 1 saturated heterocycles. The van der Waals surface area contributed by atoms with Crippen LogP contribution < -0.4 is 5.32 Å². The first-order chi connectivity index (χ1) is 11.6. The van der Waals surface area contributed by atoms with E-state index < -0.39 is 0 Å². The zero-order chi connectivity index (χ0) is 17.0. The third-order valence-corrected chi connectivity index (χ3v) is 5.64. The molecule has 24 heavy (non-hydrogen) atoms. The van der Waals surface area contributed by atoms with E-state index in [1.807, 2.05) is 17.0 Å². The fourth-order valence-corrected chi connectivity index (χ4v) is 3.48. The van der Waals surface area contributed by atoms with E-state index in [0.29, 0.717) is 5.69 Å². The predicted molar refractivity (Wildman–Crippen MR) is 95.2 cm³/mol. The lowest BCUT2D eigenvalue weighted by Crippen LogP contribution is -2.35. The average molecular weight is 331 g/mol. The van der Waals surface area contributed by atoms with Crippen molar-refractivity contribution in [1.82, 2.24) is 9.88 Å². The second kappa shape index (κ2) is 7.51. The van der Waals surface area contributed by atoms with Crippen LogP contribution in [-0.4, -0.2) is 48.1 Å². The topological polar surface area (TPSA) is 54.5 Å². The maximum atomic E-state index is 13.0. The molecular weight excluding hydrogens is 302 g/mol. The van der Waals surface area contributed by atoms with Crippen molar-refractivity contribution in [3.05, 3.63) is 24.0 Å². The van der Waals surface area contributed by atoms with Gasteiger partial charge in [0, 0.05) is 32.9 Å². The number of pyridine rings is 1. The summed E-state index contributed by atoms with van der Waals surface area (Å²) in [6, 6.07) is 3.86. The van der Waals surface area contributed by atoms with Crippen molar-refractivity contribution in [3.63, 3.8) is 0 Å². The minimum absolute atomic E-state index is 0.0343. The van der Waals surface area contributed by atoms with E-state index in [0.717, 1.165) is 50.5 Å². The summed E-state index contributed by atoms with van der Waals surface area (Å²) in [5, 5.41) is 3.44. The quantitative estimate of drug-likeness (QED) is 0.899. The van der Waals surface area contributed by atoms with E-state index in [2.05, 4.69) is 17.2 Å². The molecule has 1 aliphatic heterocycles. The number of methoxy groups -OCH3 is 1. The molecule has 3 rings (SSSR count). The highest BCUT2D eigenvalue weighted by atomic mass is 16.5. The molecule has 2 fully saturated rings. The van der Waals surface area contributed by atoms with Crippen molar-refractivity contribution in [1.29, 1.82) is 0 Å². The highest BCUT2D eigenvalue weighted by Gasteiger charge is 2.30. The lowest BCUT2D eigenvalue weighted by atomic mass is 9.85. The molecular formula is C19H29N3O2. The number of carbonyl (C=O) groups is 1. The van der Waals surface area contributed by atoms with Crippen molar-refractivity contribution in [3.8, 4) is 0 Å². The number of likely N-dealkylation sites (tertiary alicyclic amines) is 1. The minimum atomic E-state index is -0.121. The summed E-state index contributed by atoms with van der Waals surface area (Å²) < 4.78 is 5.63. The number of aromatic nitrogens is 1. The lowest BCUT2D eigenvalue weighted by Gasteiger charge is -2.27. The summed E-state index contributed by atoms with van der Waals surface area (Å²) in [6.07, 6.45) is 8.44. The molecule has 1 aliphatic carbocycles. The highest BCUT2D eigenvalue weighted by Crippen LogP contribution is 2.28. The Morgan fingerprint density at radius 2 is 2.21 bits per heavy atom. The van der Waals surface area contributed by atoms with Crippen molar-refractivity contribution in [2.45, 2.75) is 51.0 Å². The van der Waals surface area contributed by atoms with E-state index in [1.54, 1.807) is 13.3 Å². The first-order valence-electron chi connectivity index (χ1n) is 9.15. The van der Waals surface area contributed by atoms with Gasteiger partial charge in [0.25, 0.3) is 5.91 Å². The van der Waals surface area contributed by atoms with Gasteiger partial charge in [-0.3, -0.25) is 4.79 Å². The first-order valence-corrected chi connectivity index (χ1v) is 9.15. The maximum absolute atomic E-state index is 13.0. The van der Waals surface area contributed by atoms with Gasteiger partial charge in [-0.25, -0.2) is 4.98 Å². The molecule has 1 aromatic rings. The molecule has 1 N–H and O–H groups in total. The van der Waals surface area contributed by atoms with Crippen LogP contribution in [0, 0.1) is 5.92 Å². The standard InChI is InChI=1S/C19H29N3O2/c1-19(24-2)9-5-12-22(13-10-19)18(23)17-16(8-4-11-20-17)21-14-15-6-3-7-15/h4,8,11,15,21H,3,5-7,9-10,12-14H2,1-2H3. The average Bonchev–Trinajstić information content (AvgIpc) is 2.76. The second-order valence-corrected chi connectivity index (χ2v) is 7.38. The van der Waals surface area contributed by atoms with Crippen molar-refractivity contribution in [2.75, 3.05) is 32.1 Å². The van der Waals surface area contributed by atoms with Gasteiger partial charge in [-0.15, -0.1) is 0 Å². The number of amides is 1. The van der Waals surface area contributed by atoms with Gasteiger partial charge < -0.3 is 15.0 Å². The summed E-state index contributed by atoms with van der Waals surface area (Å²) in [7, 11) is 1.76. The molecule has 1 atom stereocenters. The van der Waals surface area contributed by atoms with Crippen LogP contribution >= 0.6 is 0 Å². The molecule has 0 aromatic carbocycles. The highest BCUT2D eigenvalue weighted by molar-refractivity contribution is 5.97. The molecule has 2 aliphatic rings. The Kier molecular flexibility index (Phi) is 5.39. The maximum Gasteiger partial charge on any atom is 0.274 e. The third-order valence-electron chi connectivity index (χ3n) is 5.64. The summed E-state index contributed by atoms with van der Waals surface area (Å²) in [6.45, 7) is 4.57. The van der Waals surface area contributed by atoms with Gasteiger partial charge in [-0.05, 0) is 57.1 Å². The van der Waals surface area contributed by atoms with Crippen LogP contribution in [0.25, 0.3) is 0 Å². The summed E-state index contributed by atoms with van der Waals surface area (Å²) in [5.74, 6) is 0.779. The van der Waals surface area contributed by atoms with E-state index in [4.69, 9.17) is 4.74 Å². The zero-order valence-corrected chi connectivity index (χ0v) is 14.9. The van der Waals surface area contributed by atoms with Gasteiger partial charge in [0.05, 0.1) is 11.3 Å². The van der Waals surface area contributed by atoms with Crippen LogP contribution in [0.3, 0.4) is 0 Å². The van der Waals surface area contributed by atoms with Crippen LogP contribution in [0.5, 0.6) is 0 Å². The number of carbonyl (C=O) groups excluding carboxylic acids is 1. The molecule has 132 valence electrons. The molecule has 2 heterocycles. The normalized spacial score (nSPS) is 25.0. The number of nitrogens with one attached hydrogen (secondary N) is 1. The monoisotopic (exact) mass is 331 g/mol. The second-order valence-electron chi connectivity index (χ2n) is 7.38. The van der Waals surface area contributed by atoms with E-state index >= 15 is 0 Å². The van der Waals surface area contributed by atoms with Gasteiger partial charge in [0.2, 0.25) is 0 Å². The Morgan fingerprint density at radius 3 is 2.92 bits per heavy atom. The fourth-order valence-electron chi connectivity index (χ4n) is 3.48. The number of nitrogens with zero attached hydrogens (tertiary/aromatic N) is 2. The largest absolute Gasteiger partial charge is 0.383 e. The van der Waals surface area contributed by atoms with Gasteiger partial charge in [-0.2, -0.15) is 0 Å². The Labute approximate surface area is 144 Å². The van der Waals surface area contributed by atoms with Crippen molar-refractivity contribution >= 4 is 11.6 Å². The Balaban J connectivity index is 1.67. The van der Waals surface area contributed by atoms with Crippen LogP contribution in [0.2, 0.25) is 0 Å². The van der Waals surface area contributed by atoms with Gasteiger partial charge >= 0.3 is 0 Å². The Morgan fingerprint density at radius 1 is 1.38 bits per heavy atom. The molecule has 0 bridgehead atoms. The SMILES string of the molecule is COC1(C)CCCN(C(=O)c2ncccc2NCC2CCC2)CC1. The molecule has 5 nitrogen and oxygen atoms in total. The lowest BCUT2D eigenvalue weighted by molar-refractivity contribution is -0.00538.